The van der Waals surface area contributed by atoms with Crippen molar-refractivity contribution in [3.8, 4) is 22.5 Å². The van der Waals surface area contributed by atoms with Crippen LogP contribution in [0.2, 0.25) is 0 Å². The van der Waals surface area contributed by atoms with E-state index in [1.54, 1.807) is 47.8 Å². The minimum atomic E-state index is -0.959. The largest absolute Gasteiger partial charge is 0.465 e. The van der Waals surface area contributed by atoms with Gasteiger partial charge in [-0.3, -0.25) is 14.5 Å². The van der Waals surface area contributed by atoms with Gasteiger partial charge in [-0.15, -0.1) is 0 Å². The van der Waals surface area contributed by atoms with Crippen LogP contribution in [-0.2, 0) is 13.0 Å². The van der Waals surface area contributed by atoms with E-state index in [4.69, 9.17) is 15.2 Å². The fourth-order valence-electron chi connectivity index (χ4n) is 5.01. The summed E-state index contributed by atoms with van der Waals surface area (Å²) in [6.45, 7) is 2.07. The highest BCUT2D eigenvalue weighted by atomic mass is 16.4. The lowest BCUT2D eigenvalue weighted by Gasteiger charge is -2.33. The Morgan fingerprint density at radius 3 is 2.35 bits per heavy atom. The Balaban J connectivity index is 1.18. The number of nitrogens with one attached hydrogen (secondary N) is 1. The van der Waals surface area contributed by atoms with Gasteiger partial charge in [-0.1, -0.05) is 30.3 Å². The van der Waals surface area contributed by atoms with E-state index < -0.39 is 6.09 Å². The smallest absolute Gasteiger partial charge is 0.407 e. The van der Waals surface area contributed by atoms with Crippen LogP contribution in [0.15, 0.2) is 97.6 Å². The second-order valence-electron chi connectivity index (χ2n) is 10.2. The van der Waals surface area contributed by atoms with Gasteiger partial charge in [-0.25, -0.2) is 14.8 Å². The number of amides is 2. The first kappa shape index (κ1) is 27.6. The van der Waals surface area contributed by atoms with E-state index in [0.29, 0.717) is 44.2 Å². The summed E-state index contributed by atoms with van der Waals surface area (Å²) in [5, 5.41) is 17.3. The molecule has 3 aromatic heterocycles. The van der Waals surface area contributed by atoms with E-state index in [1.165, 1.54) is 10.5 Å². The van der Waals surface area contributed by atoms with Crippen molar-refractivity contribution >= 4 is 23.6 Å². The van der Waals surface area contributed by atoms with E-state index in [2.05, 4.69) is 27.4 Å². The topological polar surface area (TPSA) is 129 Å². The molecule has 0 bridgehead atoms. The first-order valence-corrected chi connectivity index (χ1v) is 14.0. The predicted octanol–water partition coefficient (Wildman–Crippen LogP) is 4.82. The number of anilines is 2. The SMILES string of the molecule is O=C(O)N1CCN(C(=O)c2ccc(Nc3nccc(-c4cn(CCc5ccccc5)nc4-c4cccnc4)n3)cc2)CC1. The van der Waals surface area contributed by atoms with Crippen molar-refractivity contribution in [3.63, 3.8) is 0 Å². The zero-order chi connectivity index (χ0) is 29.6. The molecule has 0 radical (unpaired) electrons. The zero-order valence-corrected chi connectivity index (χ0v) is 23.4. The number of hydrogen-bond acceptors (Lipinski definition) is 7. The lowest BCUT2D eigenvalue weighted by atomic mass is 10.1. The molecule has 0 atom stereocenters. The lowest BCUT2D eigenvalue weighted by molar-refractivity contribution is 0.0625. The number of nitrogens with zero attached hydrogens (tertiary/aromatic N) is 7. The highest BCUT2D eigenvalue weighted by Gasteiger charge is 2.24. The molecule has 11 heteroatoms. The maximum Gasteiger partial charge on any atom is 0.407 e. The van der Waals surface area contributed by atoms with Gasteiger partial charge in [-0.2, -0.15) is 5.10 Å². The quantitative estimate of drug-likeness (QED) is 0.270. The van der Waals surface area contributed by atoms with Gasteiger partial charge in [0.25, 0.3) is 5.91 Å². The molecule has 1 fully saturated rings. The summed E-state index contributed by atoms with van der Waals surface area (Å²) < 4.78 is 1.94. The number of benzene rings is 2. The summed E-state index contributed by atoms with van der Waals surface area (Å²) in [6.07, 6.45) is 7.13. The Hall–Kier alpha value is -5.58. The lowest BCUT2D eigenvalue weighted by Crippen LogP contribution is -2.50. The molecule has 4 heterocycles. The molecule has 6 rings (SSSR count). The molecule has 2 aromatic carbocycles. The third kappa shape index (κ3) is 6.51. The van der Waals surface area contributed by atoms with E-state index in [1.807, 2.05) is 47.3 Å². The number of piperazine rings is 1. The van der Waals surface area contributed by atoms with Crippen molar-refractivity contribution in [2.24, 2.45) is 0 Å². The van der Waals surface area contributed by atoms with Gasteiger partial charge in [0.2, 0.25) is 5.95 Å². The van der Waals surface area contributed by atoms with Gasteiger partial charge >= 0.3 is 6.09 Å². The summed E-state index contributed by atoms with van der Waals surface area (Å²) in [4.78, 5) is 40.5. The summed E-state index contributed by atoms with van der Waals surface area (Å²) in [6, 6.07) is 23.1. The molecule has 216 valence electrons. The van der Waals surface area contributed by atoms with Crippen LogP contribution in [0.3, 0.4) is 0 Å². The van der Waals surface area contributed by atoms with Crippen LogP contribution in [-0.4, -0.2) is 77.8 Å². The second-order valence-corrected chi connectivity index (χ2v) is 10.2. The monoisotopic (exact) mass is 574 g/mol. The van der Waals surface area contributed by atoms with Crippen LogP contribution in [0.4, 0.5) is 16.4 Å². The molecule has 1 aliphatic heterocycles. The molecule has 2 N–H and O–H groups in total. The molecule has 1 aliphatic rings. The molecule has 11 nitrogen and oxygen atoms in total. The Morgan fingerprint density at radius 1 is 0.860 bits per heavy atom. The fourth-order valence-corrected chi connectivity index (χ4v) is 5.01. The average molecular weight is 575 g/mol. The van der Waals surface area contributed by atoms with Gasteiger partial charge in [0.15, 0.2) is 0 Å². The molecule has 0 saturated carbocycles. The Bertz CT molecular complexity index is 1700. The number of carbonyl (C=O) groups is 2. The van der Waals surface area contributed by atoms with Crippen LogP contribution >= 0.6 is 0 Å². The second kappa shape index (κ2) is 12.5. The number of pyridine rings is 1. The van der Waals surface area contributed by atoms with E-state index >= 15 is 0 Å². The molecule has 1 saturated heterocycles. The number of aryl methyl sites for hydroxylation is 2. The fraction of sp³-hybridized carbons (Fsp3) is 0.188. The first-order valence-electron chi connectivity index (χ1n) is 14.0. The van der Waals surface area contributed by atoms with Crippen LogP contribution in [0.25, 0.3) is 22.5 Å². The van der Waals surface area contributed by atoms with Crippen molar-refractivity contribution in [1.29, 1.82) is 0 Å². The highest BCUT2D eigenvalue weighted by Crippen LogP contribution is 2.30. The minimum Gasteiger partial charge on any atom is -0.465 e. The van der Waals surface area contributed by atoms with Gasteiger partial charge in [0.05, 0.1) is 5.69 Å². The molecular formula is C32H30N8O3. The predicted molar refractivity (Wildman–Crippen MR) is 162 cm³/mol. The number of carbonyl (C=O) groups excluding carboxylic acids is 1. The molecule has 0 spiro atoms. The van der Waals surface area contributed by atoms with Crippen molar-refractivity contribution < 1.29 is 14.7 Å². The molecule has 5 aromatic rings. The van der Waals surface area contributed by atoms with Gasteiger partial charge in [-0.05, 0) is 54.4 Å². The standard InChI is InChI=1S/C32H30N8O3/c41-30(38-17-19-39(20-18-38)32(42)43)24-8-10-26(11-9-24)35-31-34-15-12-28(36-31)27-22-40(16-13-23-5-2-1-3-6-23)37-29(27)25-7-4-14-33-21-25/h1-12,14-15,21-22H,13,16-20H2,(H,42,43)(H,34,35,36). The average Bonchev–Trinajstić information content (AvgIpc) is 3.49. The highest BCUT2D eigenvalue weighted by molar-refractivity contribution is 5.94. The van der Waals surface area contributed by atoms with E-state index in [0.717, 1.165) is 34.6 Å². The number of carboxylic acid groups (broad SMARTS) is 1. The van der Waals surface area contributed by atoms with Crippen LogP contribution < -0.4 is 5.32 Å². The Kier molecular flexibility index (Phi) is 8.03. The van der Waals surface area contributed by atoms with Gasteiger partial charge in [0, 0.05) is 79.9 Å². The zero-order valence-electron chi connectivity index (χ0n) is 23.4. The third-order valence-electron chi connectivity index (χ3n) is 7.33. The maximum absolute atomic E-state index is 12.9. The minimum absolute atomic E-state index is 0.123. The van der Waals surface area contributed by atoms with E-state index in [-0.39, 0.29) is 5.91 Å². The molecule has 0 aliphatic carbocycles. The summed E-state index contributed by atoms with van der Waals surface area (Å²) in [5.74, 6) is 0.289. The van der Waals surface area contributed by atoms with Crippen LogP contribution in [0.1, 0.15) is 15.9 Å². The maximum atomic E-state index is 12.9. The van der Waals surface area contributed by atoms with Gasteiger partial charge in [0.1, 0.15) is 5.69 Å². The molecular weight excluding hydrogens is 544 g/mol. The first-order chi connectivity index (χ1) is 21.0. The number of hydrogen-bond donors (Lipinski definition) is 2. The van der Waals surface area contributed by atoms with Crippen LogP contribution in [0, 0.1) is 0 Å². The van der Waals surface area contributed by atoms with Crippen molar-refractivity contribution in [2.45, 2.75) is 13.0 Å². The van der Waals surface area contributed by atoms with Crippen molar-refractivity contribution in [1.82, 2.24) is 34.5 Å². The molecule has 43 heavy (non-hydrogen) atoms. The van der Waals surface area contributed by atoms with Crippen molar-refractivity contribution in [2.75, 3.05) is 31.5 Å². The van der Waals surface area contributed by atoms with Crippen LogP contribution in [0.5, 0.6) is 0 Å². The Morgan fingerprint density at radius 2 is 1.63 bits per heavy atom. The summed E-state index contributed by atoms with van der Waals surface area (Å²) in [5.41, 5.74) is 5.78. The number of rotatable bonds is 8. The summed E-state index contributed by atoms with van der Waals surface area (Å²) >= 11 is 0. The molecule has 2 amide bonds. The molecule has 0 unspecified atom stereocenters. The van der Waals surface area contributed by atoms with Gasteiger partial charge < -0.3 is 20.2 Å². The number of aromatic nitrogens is 5. The summed E-state index contributed by atoms with van der Waals surface area (Å²) in [7, 11) is 0. The normalized spacial score (nSPS) is 13.1. The van der Waals surface area contributed by atoms with E-state index in [9.17, 15) is 9.59 Å². The van der Waals surface area contributed by atoms with Crippen molar-refractivity contribution in [3.05, 3.63) is 109 Å². The third-order valence-corrected chi connectivity index (χ3v) is 7.33. The Labute approximate surface area is 248 Å².